The van der Waals surface area contributed by atoms with Gasteiger partial charge in [-0.3, -0.25) is 0 Å². The molecule has 2 heterocycles. The molecule has 1 aromatic heterocycles. The summed E-state index contributed by atoms with van der Waals surface area (Å²) in [5, 5.41) is 9.03. The van der Waals surface area contributed by atoms with Gasteiger partial charge in [0.05, 0.1) is 0 Å². The lowest BCUT2D eigenvalue weighted by molar-refractivity contribution is 0.204. The van der Waals surface area contributed by atoms with Crippen LogP contribution in [0.3, 0.4) is 0 Å². The number of halogens is 1. The van der Waals surface area contributed by atoms with Crippen LogP contribution in [0.15, 0.2) is 20.0 Å². The third-order valence-corrected chi connectivity index (χ3v) is 6.52. The average molecular weight is 352 g/mol. The summed E-state index contributed by atoms with van der Waals surface area (Å²) in [6.45, 7) is 3.53. The van der Waals surface area contributed by atoms with Crippen LogP contribution in [0.2, 0.25) is 0 Å². The highest BCUT2D eigenvalue weighted by Crippen LogP contribution is 2.34. The molecule has 0 aromatic carbocycles. The summed E-state index contributed by atoms with van der Waals surface area (Å²) in [5.74, 6) is 0.239. The van der Waals surface area contributed by atoms with Crippen LogP contribution in [0.25, 0.3) is 0 Å². The summed E-state index contributed by atoms with van der Waals surface area (Å²) in [6.07, 6.45) is 2.78. The third-order valence-electron chi connectivity index (χ3n) is 3.53. The Morgan fingerprint density at radius 3 is 2.47 bits per heavy atom. The first-order valence-electron chi connectivity index (χ1n) is 6.30. The predicted molar refractivity (Wildman–Crippen MR) is 74.1 cm³/mol. The molecule has 0 saturated carbocycles. The number of aliphatic hydroxyl groups excluding tert-OH is 1. The molecule has 1 aromatic rings. The van der Waals surface area contributed by atoms with Gasteiger partial charge in [-0.15, -0.1) is 0 Å². The molecule has 0 aliphatic carbocycles. The molecule has 1 aliphatic heterocycles. The first-order valence-corrected chi connectivity index (χ1v) is 8.54. The lowest BCUT2D eigenvalue weighted by Crippen LogP contribution is -2.47. The second-order valence-corrected chi connectivity index (χ2v) is 7.50. The second kappa shape index (κ2) is 5.55. The van der Waals surface area contributed by atoms with Gasteiger partial charge in [-0.25, -0.2) is 8.42 Å². The molecule has 0 amide bonds. The summed E-state index contributed by atoms with van der Waals surface area (Å²) in [4.78, 5) is 0.0946. The maximum absolute atomic E-state index is 12.7. The standard InChI is InChI=1S/C12H18BrNO4S/c1-8-4-3-5-9(2)14(8)19(16,17)11-6-10(7-15)18-12(11)13/h6,8-9,15H,3-5,7H2,1-2H3. The Balaban J connectivity index is 2.43. The summed E-state index contributed by atoms with van der Waals surface area (Å²) in [7, 11) is -3.60. The fraction of sp³-hybridized carbons (Fsp3) is 0.667. The number of hydrogen-bond donors (Lipinski definition) is 1. The zero-order valence-electron chi connectivity index (χ0n) is 11.0. The van der Waals surface area contributed by atoms with Gasteiger partial charge in [0.2, 0.25) is 10.0 Å². The van der Waals surface area contributed by atoms with E-state index in [1.807, 2.05) is 13.8 Å². The van der Waals surface area contributed by atoms with Gasteiger partial charge in [-0.1, -0.05) is 6.42 Å². The first kappa shape index (κ1) is 15.0. The van der Waals surface area contributed by atoms with Crippen LogP contribution in [0.4, 0.5) is 0 Å². The van der Waals surface area contributed by atoms with Crippen molar-refractivity contribution in [2.75, 3.05) is 0 Å². The number of piperidine rings is 1. The van der Waals surface area contributed by atoms with E-state index in [1.165, 1.54) is 6.07 Å². The Morgan fingerprint density at radius 2 is 2.00 bits per heavy atom. The molecule has 1 N–H and O–H groups in total. The molecule has 2 rings (SSSR count). The first-order chi connectivity index (χ1) is 8.87. The van der Waals surface area contributed by atoms with Crippen molar-refractivity contribution in [3.05, 3.63) is 16.5 Å². The maximum Gasteiger partial charge on any atom is 0.247 e. The molecule has 1 fully saturated rings. The summed E-state index contributed by atoms with van der Waals surface area (Å²) in [5.41, 5.74) is 0. The number of rotatable bonds is 3. The minimum Gasteiger partial charge on any atom is -0.450 e. The lowest BCUT2D eigenvalue weighted by atomic mass is 10.0. The van der Waals surface area contributed by atoms with E-state index in [-0.39, 0.29) is 34.0 Å². The Hall–Kier alpha value is -0.370. The average Bonchev–Trinajstić information content (AvgIpc) is 2.70. The van der Waals surface area contributed by atoms with Gasteiger partial charge in [-0.2, -0.15) is 4.31 Å². The molecule has 1 saturated heterocycles. The summed E-state index contributed by atoms with van der Waals surface area (Å²) in [6, 6.07) is 1.34. The van der Waals surface area contributed by atoms with Crippen LogP contribution >= 0.6 is 15.9 Å². The summed E-state index contributed by atoms with van der Waals surface area (Å²) < 4.78 is 32.3. The molecule has 19 heavy (non-hydrogen) atoms. The molecule has 2 atom stereocenters. The van der Waals surface area contributed by atoms with Crippen molar-refractivity contribution >= 4 is 26.0 Å². The number of aliphatic hydroxyl groups is 1. The van der Waals surface area contributed by atoms with Crippen molar-refractivity contribution < 1.29 is 17.9 Å². The number of furan rings is 1. The van der Waals surface area contributed by atoms with Gasteiger partial charge < -0.3 is 9.52 Å². The molecular formula is C12H18BrNO4S. The van der Waals surface area contributed by atoms with Crippen molar-refractivity contribution in [1.29, 1.82) is 0 Å². The Bertz CT molecular complexity index is 544. The fourth-order valence-corrected chi connectivity index (χ4v) is 5.48. The van der Waals surface area contributed by atoms with Gasteiger partial charge in [0.15, 0.2) is 4.67 Å². The highest BCUT2D eigenvalue weighted by Gasteiger charge is 2.37. The van der Waals surface area contributed by atoms with Gasteiger partial charge in [0.1, 0.15) is 17.3 Å². The fourth-order valence-electron chi connectivity index (χ4n) is 2.64. The van der Waals surface area contributed by atoms with E-state index in [0.717, 1.165) is 19.3 Å². The van der Waals surface area contributed by atoms with Gasteiger partial charge in [-0.05, 0) is 42.6 Å². The normalized spacial score (nSPS) is 25.7. The molecule has 108 valence electrons. The van der Waals surface area contributed by atoms with E-state index in [4.69, 9.17) is 9.52 Å². The molecule has 0 spiro atoms. The van der Waals surface area contributed by atoms with E-state index in [1.54, 1.807) is 4.31 Å². The Kier molecular flexibility index (Phi) is 4.39. The molecule has 0 bridgehead atoms. The van der Waals surface area contributed by atoms with Gasteiger partial charge in [0.25, 0.3) is 0 Å². The lowest BCUT2D eigenvalue weighted by Gasteiger charge is -2.37. The van der Waals surface area contributed by atoms with Crippen LogP contribution in [-0.2, 0) is 16.6 Å². The smallest absolute Gasteiger partial charge is 0.247 e. The van der Waals surface area contributed by atoms with Crippen molar-refractivity contribution in [3.63, 3.8) is 0 Å². The maximum atomic E-state index is 12.7. The number of hydrogen-bond acceptors (Lipinski definition) is 4. The monoisotopic (exact) mass is 351 g/mol. The van der Waals surface area contributed by atoms with Crippen LogP contribution in [0.1, 0.15) is 38.9 Å². The molecule has 0 radical (unpaired) electrons. The minimum absolute atomic E-state index is 0.0203. The van der Waals surface area contributed by atoms with E-state index < -0.39 is 10.0 Å². The Labute approximate surface area is 121 Å². The highest BCUT2D eigenvalue weighted by molar-refractivity contribution is 9.10. The van der Waals surface area contributed by atoms with Crippen molar-refractivity contribution in [1.82, 2.24) is 4.31 Å². The van der Waals surface area contributed by atoms with Gasteiger partial charge >= 0.3 is 0 Å². The van der Waals surface area contributed by atoms with Crippen LogP contribution < -0.4 is 0 Å². The van der Waals surface area contributed by atoms with E-state index in [0.29, 0.717) is 0 Å². The SMILES string of the molecule is CC1CCCC(C)N1S(=O)(=O)c1cc(CO)oc1Br. The van der Waals surface area contributed by atoms with E-state index in [2.05, 4.69) is 15.9 Å². The molecular weight excluding hydrogens is 334 g/mol. The van der Waals surface area contributed by atoms with E-state index >= 15 is 0 Å². The zero-order chi connectivity index (χ0) is 14.2. The zero-order valence-corrected chi connectivity index (χ0v) is 13.4. The van der Waals surface area contributed by atoms with Crippen molar-refractivity contribution in [2.24, 2.45) is 0 Å². The van der Waals surface area contributed by atoms with Gasteiger partial charge in [0, 0.05) is 18.2 Å². The largest absolute Gasteiger partial charge is 0.450 e. The molecule has 7 heteroatoms. The number of sulfonamides is 1. The van der Waals surface area contributed by atoms with E-state index in [9.17, 15) is 8.42 Å². The summed E-state index contributed by atoms with van der Waals surface area (Å²) >= 11 is 3.12. The molecule has 2 unspecified atom stereocenters. The van der Waals surface area contributed by atoms with Crippen LogP contribution in [0, 0.1) is 0 Å². The minimum atomic E-state index is -3.60. The second-order valence-electron chi connectivity index (χ2n) is 4.97. The Morgan fingerprint density at radius 1 is 1.42 bits per heavy atom. The highest BCUT2D eigenvalue weighted by atomic mass is 79.9. The molecule has 5 nitrogen and oxygen atoms in total. The van der Waals surface area contributed by atoms with Crippen molar-refractivity contribution in [2.45, 2.75) is 56.7 Å². The third kappa shape index (κ3) is 2.74. The topological polar surface area (TPSA) is 70.8 Å². The van der Waals surface area contributed by atoms with Crippen molar-refractivity contribution in [3.8, 4) is 0 Å². The number of nitrogens with zero attached hydrogens (tertiary/aromatic N) is 1. The quantitative estimate of drug-likeness (QED) is 0.907. The van der Waals surface area contributed by atoms with Crippen LogP contribution in [0.5, 0.6) is 0 Å². The molecule has 1 aliphatic rings. The predicted octanol–water partition coefficient (Wildman–Crippen LogP) is 2.49. The van der Waals surface area contributed by atoms with Crippen LogP contribution in [-0.4, -0.2) is 29.9 Å².